The van der Waals surface area contributed by atoms with Crippen LogP contribution < -0.4 is 5.32 Å². The van der Waals surface area contributed by atoms with Crippen molar-refractivity contribution in [2.24, 2.45) is 0 Å². The Morgan fingerprint density at radius 1 is 1.40 bits per heavy atom. The molecule has 2 aromatic rings. The van der Waals surface area contributed by atoms with Crippen LogP contribution in [0.25, 0.3) is 0 Å². The van der Waals surface area contributed by atoms with E-state index in [0.29, 0.717) is 5.56 Å². The lowest BCUT2D eigenvalue weighted by molar-refractivity contribution is 0.0601. The van der Waals surface area contributed by atoms with Crippen LogP contribution in [0.1, 0.15) is 28.2 Å². The summed E-state index contributed by atoms with van der Waals surface area (Å²) < 4.78 is 6.48. The minimum Gasteiger partial charge on any atom is -0.465 e. The molecule has 0 radical (unpaired) electrons. The van der Waals surface area contributed by atoms with E-state index in [2.05, 4.69) is 50.2 Å². The molecule has 0 spiro atoms. The van der Waals surface area contributed by atoms with Gasteiger partial charge in [0.1, 0.15) is 0 Å². The van der Waals surface area contributed by atoms with E-state index in [4.69, 9.17) is 4.74 Å². The minimum absolute atomic E-state index is 0.107. The smallest absolute Gasteiger partial charge is 0.340 e. The topological polar surface area (TPSA) is 38.3 Å². The summed E-state index contributed by atoms with van der Waals surface area (Å²) in [6.45, 7) is 2.06. The molecule has 0 aliphatic rings. The average molecular weight is 419 g/mol. The Bertz CT molecular complexity index is 614. The van der Waals surface area contributed by atoms with Gasteiger partial charge in [-0.15, -0.1) is 11.3 Å². The number of anilines is 1. The third-order valence-corrected chi connectivity index (χ3v) is 4.93. The van der Waals surface area contributed by atoms with E-state index in [1.807, 2.05) is 17.5 Å². The Balaban J connectivity index is 2.37. The van der Waals surface area contributed by atoms with Crippen molar-refractivity contribution in [3.8, 4) is 0 Å². The van der Waals surface area contributed by atoms with Crippen molar-refractivity contribution in [2.45, 2.75) is 13.0 Å². The van der Waals surface area contributed by atoms with Crippen molar-refractivity contribution in [1.82, 2.24) is 0 Å². The van der Waals surface area contributed by atoms with Gasteiger partial charge >= 0.3 is 5.97 Å². The molecule has 1 unspecified atom stereocenters. The van der Waals surface area contributed by atoms with Crippen LogP contribution in [0.2, 0.25) is 0 Å². The first kappa shape index (κ1) is 15.5. The fourth-order valence-electron chi connectivity index (χ4n) is 1.82. The zero-order valence-electron chi connectivity index (χ0n) is 10.9. The lowest BCUT2D eigenvalue weighted by atomic mass is 10.1. The first-order valence-electron chi connectivity index (χ1n) is 5.90. The van der Waals surface area contributed by atoms with Crippen LogP contribution in [0.5, 0.6) is 0 Å². The fourth-order valence-corrected chi connectivity index (χ4v) is 3.89. The molecule has 0 aliphatic heterocycles. The Kier molecular flexibility index (Phi) is 5.23. The first-order chi connectivity index (χ1) is 9.52. The number of ether oxygens (including phenoxy) is 1. The molecule has 0 fully saturated rings. The van der Waals surface area contributed by atoms with Gasteiger partial charge in [-0.25, -0.2) is 4.79 Å². The Morgan fingerprint density at radius 2 is 2.15 bits per heavy atom. The summed E-state index contributed by atoms with van der Waals surface area (Å²) in [6, 6.07) is 7.83. The van der Waals surface area contributed by atoms with E-state index in [1.165, 1.54) is 12.0 Å². The summed E-state index contributed by atoms with van der Waals surface area (Å²) in [7, 11) is 1.38. The van der Waals surface area contributed by atoms with Gasteiger partial charge in [0.05, 0.1) is 24.4 Å². The highest BCUT2D eigenvalue weighted by Crippen LogP contribution is 2.34. The second-order valence-electron chi connectivity index (χ2n) is 4.18. The summed E-state index contributed by atoms with van der Waals surface area (Å²) in [5, 5.41) is 5.40. The second kappa shape index (κ2) is 6.74. The van der Waals surface area contributed by atoms with Crippen LogP contribution in [0, 0.1) is 0 Å². The van der Waals surface area contributed by atoms with Crippen molar-refractivity contribution >= 4 is 54.9 Å². The second-order valence-corrected chi connectivity index (χ2v) is 6.93. The number of methoxy groups -OCH3 is 1. The number of halogens is 2. The highest BCUT2D eigenvalue weighted by molar-refractivity contribution is 9.11. The number of thiophene rings is 1. The first-order valence-corrected chi connectivity index (χ1v) is 8.36. The number of nitrogens with one attached hydrogen (secondary N) is 1. The molecule has 0 saturated carbocycles. The predicted octanol–water partition coefficient (Wildman–Crippen LogP) is 5.23. The number of benzene rings is 1. The van der Waals surface area contributed by atoms with Crippen LogP contribution in [-0.4, -0.2) is 13.1 Å². The summed E-state index contributed by atoms with van der Waals surface area (Å²) in [6.07, 6.45) is 0. The molecule has 1 N–H and O–H groups in total. The number of esters is 1. The molecule has 1 aromatic carbocycles. The summed E-state index contributed by atoms with van der Waals surface area (Å²) >= 11 is 8.55. The average Bonchev–Trinajstić information content (AvgIpc) is 2.94. The van der Waals surface area contributed by atoms with Crippen LogP contribution in [0.15, 0.2) is 38.6 Å². The van der Waals surface area contributed by atoms with Crippen molar-refractivity contribution < 1.29 is 9.53 Å². The van der Waals surface area contributed by atoms with Gasteiger partial charge in [0.15, 0.2) is 0 Å². The highest BCUT2D eigenvalue weighted by Gasteiger charge is 2.18. The van der Waals surface area contributed by atoms with Crippen molar-refractivity contribution in [3.05, 3.63) is 49.0 Å². The molecule has 0 bridgehead atoms. The maximum Gasteiger partial charge on any atom is 0.340 e. The summed E-state index contributed by atoms with van der Waals surface area (Å²) in [4.78, 5) is 13.1. The molecule has 6 heteroatoms. The molecule has 0 amide bonds. The molecule has 2 rings (SSSR count). The predicted molar refractivity (Wildman–Crippen MR) is 89.5 cm³/mol. The SMILES string of the molecule is COC(=O)c1cc(Br)cc(Br)c1NC(C)c1cccs1. The zero-order chi connectivity index (χ0) is 14.7. The largest absolute Gasteiger partial charge is 0.465 e. The number of carbonyl (C=O) groups is 1. The van der Waals surface area contributed by atoms with Crippen LogP contribution in [0.3, 0.4) is 0 Å². The molecule has 0 aliphatic carbocycles. The lowest BCUT2D eigenvalue weighted by Crippen LogP contribution is -2.11. The molecule has 3 nitrogen and oxygen atoms in total. The molecule has 0 saturated heterocycles. The van der Waals surface area contributed by atoms with Crippen molar-refractivity contribution in [3.63, 3.8) is 0 Å². The Labute approximate surface area is 138 Å². The lowest BCUT2D eigenvalue weighted by Gasteiger charge is -2.18. The standard InChI is InChI=1S/C14H13Br2NO2S/c1-8(12-4-3-5-20-12)17-13-10(14(18)19-2)6-9(15)7-11(13)16/h3-8,17H,1-2H3. The van der Waals surface area contributed by atoms with Gasteiger partial charge in [-0.1, -0.05) is 22.0 Å². The zero-order valence-corrected chi connectivity index (χ0v) is 14.9. The quantitative estimate of drug-likeness (QED) is 0.690. The maximum atomic E-state index is 11.9. The third-order valence-electron chi connectivity index (χ3n) is 2.79. The molecule has 1 aromatic heterocycles. The van der Waals surface area contributed by atoms with E-state index >= 15 is 0 Å². The van der Waals surface area contributed by atoms with Gasteiger partial charge < -0.3 is 10.1 Å². The summed E-state index contributed by atoms with van der Waals surface area (Å²) in [5.74, 6) is -0.368. The van der Waals surface area contributed by atoms with Gasteiger partial charge in [-0.3, -0.25) is 0 Å². The van der Waals surface area contributed by atoms with Crippen LogP contribution in [0.4, 0.5) is 5.69 Å². The number of hydrogen-bond donors (Lipinski definition) is 1. The van der Waals surface area contributed by atoms with E-state index in [1.54, 1.807) is 17.4 Å². The van der Waals surface area contributed by atoms with Crippen molar-refractivity contribution in [1.29, 1.82) is 0 Å². The van der Waals surface area contributed by atoms with E-state index < -0.39 is 0 Å². The number of carbonyl (C=O) groups excluding carboxylic acids is 1. The third kappa shape index (κ3) is 3.42. The highest BCUT2D eigenvalue weighted by atomic mass is 79.9. The molecule has 106 valence electrons. The molecule has 20 heavy (non-hydrogen) atoms. The van der Waals surface area contributed by atoms with Gasteiger partial charge in [-0.2, -0.15) is 0 Å². The fraction of sp³-hybridized carbons (Fsp3) is 0.214. The molecular weight excluding hydrogens is 406 g/mol. The van der Waals surface area contributed by atoms with Crippen molar-refractivity contribution in [2.75, 3.05) is 12.4 Å². The molecular formula is C14H13Br2NO2S. The van der Waals surface area contributed by atoms with Gasteiger partial charge in [0.2, 0.25) is 0 Å². The van der Waals surface area contributed by atoms with E-state index in [0.717, 1.165) is 14.6 Å². The monoisotopic (exact) mass is 417 g/mol. The van der Waals surface area contributed by atoms with E-state index in [-0.39, 0.29) is 12.0 Å². The number of hydrogen-bond acceptors (Lipinski definition) is 4. The molecule has 1 atom stereocenters. The van der Waals surface area contributed by atoms with Crippen LogP contribution in [-0.2, 0) is 4.74 Å². The van der Waals surface area contributed by atoms with Gasteiger partial charge in [0, 0.05) is 13.8 Å². The number of rotatable bonds is 4. The van der Waals surface area contributed by atoms with Crippen LogP contribution >= 0.6 is 43.2 Å². The van der Waals surface area contributed by atoms with E-state index in [9.17, 15) is 4.79 Å². The van der Waals surface area contributed by atoms with Gasteiger partial charge in [-0.05, 0) is 46.4 Å². The molecule has 1 heterocycles. The van der Waals surface area contributed by atoms with Gasteiger partial charge in [0.25, 0.3) is 0 Å². The summed E-state index contributed by atoms with van der Waals surface area (Å²) in [5.41, 5.74) is 1.23. The Hall–Kier alpha value is -0.850. The maximum absolute atomic E-state index is 11.9. The minimum atomic E-state index is -0.368. The Morgan fingerprint density at radius 3 is 2.75 bits per heavy atom. The normalized spacial score (nSPS) is 12.0.